The van der Waals surface area contributed by atoms with E-state index in [9.17, 15) is 0 Å². The lowest BCUT2D eigenvalue weighted by Crippen LogP contribution is -2.61. The standard InChI is InChI=1S/C23H23ClN2S/c24-20-8-6-17(7-9-20)22-25-26(21-4-2-1-3-5-21)23(27-22)18-11-15-10-16(13-18)14-19(23)12-15/h1-9,15-16,18-19H,10-14H2. The monoisotopic (exact) mass is 394 g/mol. The molecule has 7 rings (SSSR count). The summed E-state index contributed by atoms with van der Waals surface area (Å²) in [5.74, 6) is 3.40. The Bertz CT molecular complexity index is 864. The summed E-state index contributed by atoms with van der Waals surface area (Å²) in [6.45, 7) is 0. The van der Waals surface area contributed by atoms with Gasteiger partial charge in [0, 0.05) is 10.6 Å². The van der Waals surface area contributed by atoms with Crippen molar-refractivity contribution in [2.45, 2.75) is 37.0 Å². The van der Waals surface area contributed by atoms with E-state index in [-0.39, 0.29) is 4.87 Å². The molecule has 1 heterocycles. The summed E-state index contributed by atoms with van der Waals surface area (Å²) < 4.78 is 0. The van der Waals surface area contributed by atoms with Crippen molar-refractivity contribution in [3.8, 4) is 0 Å². The van der Waals surface area contributed by atoms with Gasteiger partial charge < -0.3 is 0 Å². The Morgan fingerprint density at radius 1 is 0.852 bits per heavy atom. The Labute approximate surface area is 170 Å². The number of hydrogen-bond acceptors (Lipinski definition) is 3. The number of benzene rings is 2. The minimum atomic E-state index is 0.101. The smallest absolute Gasteiger partial charge is 0.126 e. The van der Waals surface area contributed by atoms with E-state index in [2.05, 4.69) is 47.5 Å². The Morgan fingerprint density at radius 3 is 2.11 bits per heavy atom. The van der Waals surface area contributed by atoms with Crippen molar-refractivity contribution in [2.75, 3.05) is 5.01 Å². The van der Waals surface area contributed by atoms with Gasteiger partial charge in [-0.25, -0.2) is 5.01 Å². The second-order valence-corrected chi connectivity index (χ2v) is 10.4. The fraction of sp³-hybridized carbons (Fsp3) is 0.435. The Balaban J connectivity index is 1.47. The maximum atomic E-state index is 6.13. The summed E-state index contributed by atoms with van der Waals surface area (Å²) in [6.07, 6.45) is 7.00. The van der Waals surface area contributed by atoms with Gasteiger partial charge in [-0.2, -0.15) is 5.10 Å². The molecule has 0 atom stereocenters. The number of anilines is 1. The summed E-state index contributed by atoms with van der Waals surface area (Å²) in [7, 11) is 0. The first-order chi connectivity index (χ1) is 13.2. The van der Waals surface area contributed by atoms with E-state index < -0.39 is 0 Å². The van der Waals surface area contributed by atoms with Crippen molar-refractivity contribution < 1.29 is 0 Å². The van der Waals surface area contributed by atoms with Crippen LogP contribution in [0.4, 0.5) is 5.69 Å². The molecule has 4 saturated carbocycles. The molecule has 5 aliphatic rings. The lowest BCUT2D eigenvalue weighted by atomic mass is 9.53. The molecule has 4 aliphatic carbocycles. The fourth-order valence-corrected chi connectivity index (χ4v) is 8.06. The molecular weight excluding hydrogens is 372 g/mol. The SMILES string of the molecule is Clc1ccc(C2=NN(c3ccccc3)C3(S2)C2CC4CC(C2)CC3C4)cc1. The van der Waals surface area contributed by atoms with Crippen LogP contribution in [0.5, 0.6) is 0 Å². The van der Waals surface area contributed by atoms with E-state index >= 15 is 0 Å². The molecule has 4 bridgehead atoms. The average Bonchev–Trinajstić information content (AvgIpc) is 3.08. The minimum absolute atomic E-state index is 0.101. The highest BCUT2D eigenvalue weighted by Crippen LogP contribution is 2.66. The third-order valence-electron chi connectivity index (χ3n) is 7.18. The molecule has 1 spiro atoms. The van der Waals surface area contributed by atoms with Crippen LogP contribution in [0.15, 0.2) is 59.7 Å². The number of hydrogen-bond donors (Lipinski definition) is 0. The average molecular weight is 395 g/mol. The van der Waals surface area contributed by atoms with Crippen LogP contribution < -0.4 is 5.01 Å². The largest absolute Gasteiger partial charge is 0.247 e. The summed E-state index contributed by atoms with van der Waals surface area (Å²) in [6, 6.07) is 19.0. The van der Waals surface area contributed by atoms with Gasteiger partial charge in [0.25, 0.3) is 0 Å². The first-order valence-corrected chi connectivity index (χ1v) is 11.3. The van der Waals surface area contributed by atoms with Crippen LogP contribution in [-0.4, -0.2) is 9.91 Å². The highest BCUT2D eigenvalue weighted by Gasteiger charge is 2.63. The highest BCUT2D eigenvalue weighted by atomic mass is 35.5. The normalized spacial score (nSPS) is 36.5. The number of para-hydroxylation sites is 1. The number of nitrogens with zero attached hydrogens (tertiary/aromatic N) is 2. The summed E-state index contributed by atoms with van der Waals surface area (Å²) in [5, 5.41) is 9.58. The van der Waals surface area contributed by atoms with Crippen molar-refractivity contribution in [1.29, 1.82) is 0 Å². The van der Waals surface area contributed by atoms with Crippen LogP contribution >= 0.6 is 23.4 Å². The number of thioether (sulfide) groups is 1. The van der Waals surface area contributed by atoms with Gasteiger partial charge in [0.2, 0.25) is 0 Å². The first-order valence-electron chi connectivity index (χ1n) is 10.1. The van der Waals surface area contributed by atoms with Crippen molar-refractivity contribution in [1.82, 2.24) is 0 Å². The van der Waals surface area contributed by atoms with Crippen molar-refractivity contribution in [3.05, 3.63) is 65.2 Å². The lowest BCUT2D eigenvalue weighted by Gasteiger charge is -2.61. The Kier molecular flexibility index (Phi) is 3.68. The summed E-state index contributed by atoms with van der Waals surface area (Å²) in [5.41, 5.74) is 2.43. The molecule has 1 aliphatic heterocycles. The molecular formula is C23H23ClN2S. The molecule has 0 amide bonds. The van der Waals surface area contributed by atoms with E-state index in [1.807, 2.05) is 23.9 Å². The molecule has 0 unspecified atom stereocenters. The van der Waals surface area contributed by atoms with Crippen molar-refractivity contribution in [3.63, 3.8) is 0 Å². The molecule has 0 N–H and O–H groups in total. The molecule has 2 aromatic carbocycles. The highest BCUT2D eigenvalue weighted by molar-refractivity contribution is 8.16. The van der Waals surface area contributed by atoms with Crippen LogP contribution in [0.3, 0.4) is 0 Å². The molecule has 2 aromatic rings. The number of hydrazone groups is 1. The van der Waals surface area contributed by atoms with Gasteiger partial charge in [-0.05, 0) is 80.0 Å². The van der Waals surface area contributed by atoms with Gasteiger partial charge >= 0.3 is 0 Å². The van der Waals surface area contributed by atoms with Gasteiger partial charge in [0.05, 0.1) is 5.69 Å². The quantitative estimate of drug-likeness (QED) is 0.585. The predicted octanol–water partition coefficient (Wildman–Crippen LogP) is 6.41. The van der Waals surface area contributed by atoms with Gasteiger partial charge in [-0.15, -0.1) is 0 Å². The van der Waals surface area contributed by atoms with Crippen LogP contribution in [0.2, 0.25) is 5.02 Å². The molecule has 4 fully saturated rings. The summed E-state index contributed by atoms with van der Waals surface area (Å²) in [4.78, 5) is 0.101. The van der Waals surface area contributed by atoms with Gasteiger partial charge in [-0.1, -0.05) is 53.7 Å². The third kappa shape index (κ3) is 2.44. The van der Waals surface area contributed by atoms with E-state index in [1.54, 1.807) is 0 Å². The van der Waals surface area contributed by atoms with Gasteiger partial charge in [-0.3, -0.25) is 0 Å². The van der Waals surface area contributed by atoms with Crippen molar-refractivity contribution >= 4 is 34.1 Å². The first kappa shape index (κ1) is 16.5. The second kappa shape index (κ2) is 6.02. The lowest BCUT2D eigenvalue weighted by molar-refractivity contribution is -0.0162. The Morgan fingerprint density at radius 2 is 1.48 bits per heavy atom. The van der Waals surface area contributed by atoms with Crippen LogP contribution in [0, 0.1) is 23.7 Å². The van der Waals surface area contributed by atoms with E-state index in [1.165, 1.54) is 43.4 Å². The molecule has 0 radical (unpaired) electrons. The minimum Gasteiger partial charge on any atom is -0.247 e. The second-order valence-electron chi connectivity index (χ2n) is 8.72. The Hall–Kier alpha value is -1.45. The topological polar surface area (TPSA) is 15.6 Å². The molecule has 138 valence electrons. The number of rotatable bonds is 2. The van der Waals surface area contributed by atoms with Crippen LogP contribution in [0.25, 0.3) is 0 Å². The molecule has 2 nitrogen and oxygen atoms in total. The van der Waals surface area contributed by atoms with Crippen LogP contribution in [0.1, 0.15) is 37.7 Å². The molecule has 0 aromatic heterocycles. The van der Waals surface area contributed by atoms with E-state index in [4.69, 9.17) is 16.7 Å². The maximum Gasteiger partial charge on any atom is 0.126 e. The summed E-state index contributed by atoms with van der Waals surface area (Å²) >= 11 is 8.17. The van der Waals surface area contributed by atoms with E-state index in [0.717, 1.165) is 33.7 Å². The van der Waals surface area contributed by atoms with Crippen molar-refractivity contribution in [2.24, 2.45) is 28.8 Å². The zero-order valence-corrected chi connectivity index (χ0v) is 16.8. The third-order valence-corrected chi connectivity index (χ3v) is 9.11. The van der Waals surface area contributed by atoms with E-state index in [0.29, 0.717) is 0 Å². The number of halogens is 1. The zero-order chi connectivity index (χ0) is 18.0. The zero-order valence-electron chi connectivity index (χ0n) is 15.2. The molecule has 27 heavy (non-hydrogen) atoms. The maximum absolute atomic E-state index is 6.13. The predicted molar refractivity (Wildman–Crippen MR) is 114 cm³/mol. The van der Waals surface area contributed by atoms with Gasteiger partial charge in [0.1, 0.15) is 9.91 Å². The molecule has 4 heteroatoms. The van der Waals surface area contributed by atoms with Crippen LogP contribution in [-0.2, 0) is 0 Å². The van der Waals surface area contributed by atoms with Gasteiger partial charge in [0.15, 0.2) is 0 Å². The molecule has 0 saturated heterocycles. The fourth-order valence-electron chi connectivity index (χ4n) is 6.30.